The fraction of sp³-hybridized carbons (Fsp3) is 0.273. The summed E-state index contributed by atoms with van der Waals surface area (Å²) in [5.41, 5.74) is 0.801. The predicted octanol–water partition coefficient (Wildman–Crippen LogP) is 4.04. The first-order valence-corrected chi connectivity index (χ1v) is 9.84. The zero-order chi connectivity index (χ0) is 20.4. The molecule has 0 aliphatic carbocycles. The van der Waals surface area contributed by atoms with Crippen molar-refractivity contribution >= 4 is 28.5 Å². The van der Waals surface area contributed by atoms with Crippen molar-refractivity contribution in [1.82, 2.24) is 4.90 Å². The van der Waals surface area contributed by atoms with Crippen molar-refractivity contribution < 1.29 is 19.1 Å². The predicted molar refractivity (Wildman–Crippen MR) is 111 cm³/mol. The van der Waals surface area contributed by atoms with Crippen molar-refractivity contribution in [3.05, 3.63) is 63.8 Å². The number of likely N-dealkylation sites (tertiary alicyclic amines) is 1. The van der Waals surface area contributed by atoms with Crippen LogP contribution in [-0.4, -0.2) is 41.7 Å². The summed E-state index contributed by atoms with van der Waals surface area (Å²) in [6.07, 6.45) is 1.53. The van der Waals surface area contributed by atoms with Crippen LogP contribution >= 0.6 is 11.6 Å². The number of halogens is 1. The van der Waals surface area contributed by atoms with E-state index in [0.717, 1.165) is 13.0 Å². The summed E-state index contributed by atoms with van der Waals surface area (Å²) >= 11 is 6.21. The van der Waals surface area contributed by atoms with E-state index in [1.54, 1.807) is 24.3 Å². The monoisotopic (exact) mass is 413 g/mol. The molecular formula is C22H20ClNO5. The first-order valence-electron chi connectivity index (χ1n) is 9.46. The number of rotatable bonds is 6. The molecule has 1 aromatic heterocycles. The summed E-state index contributed by atoms with van der Waals surface area (Å²) in [6, 6.07) is 13.3. The molecule has 6 nitrogen and oxygen atoms in total. The van der Waals surface area contributed by atoms with Crippen molar-refractivity contribution in [3.63, 3.8) is 0 Å². The Hall–Kier alpha value is -2.83. The third kappa shape index (κ3) is 3.99. The number of carboxylic acid groups (broad SMARTS) is 1. The average Bonchev–Trinajstić information content (AvgIpc) is 3.18. The first kappa shape index (κ1) is 19.5. The van der Waals surface area contributed by atoms with Gasteiger partial charge in [-0.05, 0) is 43.7 Å². The zero-order valence-electron chi connectivity index (χ0n) is 15.6. The number of ether oxygens (including phenoxy) is 1. The standard InChI is InChI=1S/C22H20ClNO5/c23-16-7-3-6-14-18(25)13-20(29-21(14)16)15-5-1-2-9-19(15)28-12-11-24-10-4-8-17(24)22(26)27/h1-3,5-7,9,13,17H,4,8,10-12H2,(H,26,27)/t17-/m1/s1. The normalized spacial score (nSPS) is 16.9. The second-order valence-corrected chi connectivity index (χ2v) is 7.38. The fourth-order valence-electron chi connectivity index (χ4n) is 3.72. The minimum Gasteiger partial charge on any atom is -0.491 e. The summed E-state index contributed by atoms with van der Waals surface area (Å²) in [5, 5.41) is 10.1. The Balaban J connectivity index is 1.58. The molecule has 1 aliphatic rings. The molecule has 0 saturated carbocycles. The lowest BCUT2D eigenvalue weighted by molar-refractivity contribution is -0.142. The Morgan fingerprint density at radius 1 is 1.24 bits per heavy atom. The van der Waals surface area contributed by atoms with Gasteiger partial charge < -0.3 is 14.3 Å². The molecule has 1 atom stereocenters. The van der Waals surface area contributed by atoms with E-state index in [2.05, 4.69) is 0 Å². The van der Waals surface area contributed by atoms with Gasteiger partial charge in [-0.15, -0.1) is 0 Å². The van der Waals surface area contributed by atoms with Gasteiger partial charge in [-0.3, -0.25) is 14.5 Å². The molecule has 3 aromatic rings. The highest BCUT2D eigenvalue weighted by Crippen LogP contribution is 2.32. The molecule has 4 rings (SSSR count). The van der Waals surface area contributed by atoms with Gasteiger partial charge in [-0.2, -0.15) is 0 Å². The van der Waals surface area contributed by atoms with E-state index < -0.39 is 12.0 Å². The Morgan fingerprint density at radius 2 is 2.07 bits per heavy atom. The van der Waals surface area contributed by atoms with Crippen molar-refractivity contribution in [3.8, 4) is 17.1 Å². The number of hydrogen-bond donors (Lipinski definition) is 1. The molecule has 1 N–H and O–H groups in total. The maximum atomic E-state index is 12.5. The lowest BCUT2D eigenvalue weighted by Gasteiger charge is -2.21. The summed E-state index contributed by atoms with van der Waals surface area (Å²) < 4.78 is 11.9. The molecule has 0 radical (unpaired) electrons. The SMILES string of the molecule is O=C(O)[C@H]1CCCN1CCOc1ccccc1-c1cc(=O)c2cccc(Cl)c2o1. The van der Waals surface area contributed by atoms with Gasteiger partial charge in [0.1, 0.15) is 24.2 Å². The molecule has 2 heterocycles. The summed E-state index contributed by atoms with van der Waals surface area (Å²) in [6.45, 7) is 1.60. The molecule has 0 bridgehead atoms. The maximum Gasteiger partial charge on any atom is 0.320 e. The van der Waals surface area contributed by atoms with E-state index in [1.165, 1.54) is 6.07 Å². The minimum absolute atomic E-state index is 0.181. The molecule has 2 aromatic carbocycles. The number of hydrogen-bond acceptors (Lipinski definition) is 5. The number of aliphatic carboxylic acids is 1. The van der Waals surface area contributed by atoms with Crippen LogP contribution in [0, 0.1) is 0 Å². The van der Waals surface area contributed by atoms with Crippen molar-refractivity contribution in [2.24, 2.45) is 0 Å². The number of para-hydroxylation sites is 2. The van der Waals surface area contributed by atoms with Gasteiger partial charge in [0, 0.05) is 12.6 Å². The van der Waals surface area contributed by atoms with Crippen LogP contribution < -0.4 is 10.2 Å². The van der Waals surface area contributed by atoms with E-state index in [4.69, 9.17) is 20.8 Å². The van der Waals surface area contributed by atoms with Crippen LogP contribution in [0.15, 0.2) is 57.7 Å². The molecule has 0 amide bonds. The number of benzene rings is 2. The quantitative estimate of drug-likeness (QED) is 0.657. The summed E-state index contributed by atoms with van der Waals surface area (Å²) in [7, 11) is 0. The lowest BCUT2D eigenvalue weighted by Crippen LogP contribution is -2.38. The summed E-state index contributed by atoms with van der Waals surface area (Å²) in [5.74, 6) is 0.140. The van der Waals surface area contributed by atoms with E-state index in [-0.39, 0.29) is 5.43 Å². The Kier molecular flexibility index (Phi) is 5.56. The zero-order valence-corrected chi connectivity index (χ0v) is 16.4. The third-order valence-electron chi connectivity index (χ3n) is 5.14. The Labute approximate surface area is 172 Å². The van der Waals surface area contributed by atoms with E-state index in [1.807, 2.05) is 23.1 Å². The van der Waals surface area contributed by atoms with Crippen LogP contribution in [0.25, 0.3) is 22.3 Å². The van der Waals surface area contributed by atoms with E-state index >= 15 is 0 Å². The van der Waals surface area contributed by atoms with Gasteiger partial charge in [-0.25, -0.2) is 0 Å². The topological polar surface area (TPSA) is 80.0 Å². The van der Waals surface area contributed by atoms with Gasteiger partial charge in [0.2, 0.25) is 0 Å². The molecule has 0 unspecified atom stereocenters. The smallest absolute Gasteiger partial charge is 0.320 e. The molecular weight excluding hydrogens is 394 g/mol. The van der Waals surface area contributed by atoms with E-state index in [9.17, 15) is 14.7 Å². The van der Waals surface area contributed by atoms with Crippen LogP contribution in [0.4, 0.5) is 0 Å². The highest BCUT2D eigenvalue weighted by molar-refractivity contribution is 6.34. The minimum atomic E-state index is -0.794. The van der Waals surface area contributed by atoms with Crippen LogP contribution in [0.5, 0.6) is 5.75 Å². The largest absolute Gasteiger partial charge is 0.491 e. The van der Waals surface area contributed by atoms with Crippen molar-refractivity contribution in [2.75, 3.05) is 19.7 Å². The number of carboxylic acids is 1. The van der Waals surface area contributed by atoms with Gasteiger partial charge in [0.25, 0.3) is 0 Å². The molecule has 7 heteroatoms. The molecule has 0 spiro atoms. The highest BCUT2D eigenvalue weighted by Gasteiger charge is 2.30. The number of nitrogens with zero attached hydrogens (tertiary/aromatic N) is 1. The lowest BCUT2D eigenvalue weighted by atomic mass is 10.1. The van der Waals surface area contributed by atoms with Gasteiger partial charge >= 0.3 is 5.97 Å². The van der Waals surface area contributed by atoms with Crippen LogP contribution in [0.1, 0.15) is 12.8 Å². The van der Waals surface area contributed by atoms with Crippen molar-refractivity contribution in [2.45, 2.75) is 18.9 Å². The number of fused-ring (bicyclic) bond motifs is 1. The summed E-state index contributed by atoms with van der Waals surface area (Å²) in [4.78, 5) is 25.7. The van der Waals surface area contributed by atoms with Crippen LogP contribution in [0.3, 0.4) is 0 Å². The number of carbonyl (C=O) groups is 1. The maximum absolute atomic E-state index is 12.5. The molecule has 150 valence electrons. The molecule has 1 aliphatic heterocycles. The Bertz CT molecular complexity index is 1110. The first-order chi connectivity index (χ1) is 14.0. The fourth-order valence-corrected chi connectivity index (χ4v) is 3.93. The molecule has 1 saturated heterocycles. The van der Waals surface area contributed by atoms with Gasteiger partial charge in [0.15, 0.2) is 11.0 Å². The third-order valence-corrected chi connectivity index (χ3v) is 5.44. The van der Waals surface area contributed by atoms with Gasteiger partial charge in [0.05, 0.1) is 16.0 Å². The molecule has 29 heavy (non-hydrogen) atoms. The average molecular weight is 414 g/mol. The second kappa shape index (κ2) is 8.27. The Morgan fingerprint density at radius 3 is 2.90 bits per heavy atom. The van der Waals surface area contributed by atoms with Crippen molar-refractivity contribution in [1.29, 1.82) is 0 Å². The van der Waals surface area contributed by atoms with Crippen LogP contribution in [-0.2, 0) is 4.79 Å². The van der Waals surface area contributed by atoms with E-state index in [0.29, 0.717) is 52.6 Å². The second-order valence-electron chi connectivity index (χ2n) is 6.97. The molecule has 1 fully saturated rings. The highest BCUT2D eigenvalue weighted by atomic mass is 35.5. The van der Waals surface area contributed by atoms with Gasteiger partial charge in [-0.1, -0.05) is 29.8 Å². The van der Waals surface area contributed by atoms with Crippen LogP contribution in [0.2, 0.25) is 5.02 Å².